The Morgan fingerprint density at radius 1 is 1.38 bits per heavy atom. The van der Waals surface area contributed by atoms with Gasteiger partial charge in [-0.3, -0.25) is 4.79 Å². The molecule has 1 aromatic rings. The number of carbonyl (C=O) groups is 2. The molecular weight excluding hydrogens is 353 g/mol. The average molecular weight is 372 g/mol. The predicted octanol–water partition coefficient (Wildman–Crippen LogP) is 3.14. The number of nitrogens with one attached hydrogen (secondary N) is 3. The highest BCUT2D eigenvalue weighted by Crippen LogP contribution is 2.33. The summed E-state index contributed by atoms with van der Waals surface area (Å²) in [7, 11) is 0. The van der Waals surface area contributed by atoms with Crippen molar-refractivity contribution in [3.05, 3.63) is 29.0 Å². The molecule has 24 heavy (non-hydrogen) atoms. The molecule has 0 aromatic heterocycles. The first kappa shape index (κ1) is 17.4. The molecule has 2 heterocycles. The first-order chi connectivity index (χ1) is 11.5. The van der Waals surface area contributed by atoms with E-state index >= 15 is 0 Å². The van der Waals surface area contributed by atoms with E-state index in [9.17, 15) is 14.0 Å². The number of rotatable bonds is 6. The fourth-order valence-electron chi connectivity index (χ4n) is 3.08. The van der Waals surface area contributed by atoms with Crippen molar-refractivity contribution >= 4 is 41.0 Å². The smallest absolute Gasteiger partial charge is 0.315 e. The highest BCUT2D eigenvalue weighted by molar-refractivity contribution is 8.00. The molecule has 3 N–H and O–H groups in total. The molecule has 0 spiro atoms. The molecule has 0 aliphatic carbocycles. The zero-order chi connectivity index (χ0) is 17.1. The summed E-state index contributed by atoms with van der Waals surface area (Å²) in [6.45, 7) is 0. The van der Waals surface area contributed by atoms with Gasteiger partial charge in [0.2, 0.25) is 5.91 Å². The van der Waals surface area contributed by atoms with Crippen LogP contribution in [0.15, 0.2) is 18.2 Å². The molecule has 0 bridgehead atoms. The number of hydrogen-bond acceptors (Lipinski definition) is 3. The van der Waals surface area contributed by atoms with E-state index in [4.69, 9.17) is 11.6 Å². The van der Waals surface area contributed by atoms with Gasteiger partial charge in [-0.2, -0.15) is 11.8 Å². The van der Waals surface area contributed by atoms with E-state index in [0.717, 1.165) is 25.0 Å². The van der Waals surface area contributed by atoms with Gasteiger partial charge in [0.05, 0.1) is 17.8 Å². The van der Waals surface area contributed by atoms with Gasteiger partial charge in [-0.1, -0.05) is 18.0 Å². The summed E-state index contributed by atoms with van der Waals surface area (Å²) >= 11 is 7.54. The highest BCUT2D eigenvalue weighted by atomic mass is 35.5. The Labute approximate surface area is 149 Å². The van der Waals surface area contributed by atoms with Crippen molar-refractivity contribution in [2.75, 3.05) is 11.1 Å². The van der Waals surface area contributed by atoms with E-state index in [0.29, 0.717) is 16.7 Å². The SMILES string of the molecule is O=C(CCCC[C@@H]1SC[C@H]2NC(=O)N[C@H]12)Nc1ccc(Cl)cc1F. The van der Waals surface area contributed by atoms with Crippen LogP contribution in [0.2, 0.25) is 5.02 Å². The van der Waals surface area contributed by atoms with Crippen LogP contribution in [0.3, 0.4) is 0 Å². The fourth-order valence-corrected chi connectivity index (χ4v) is 4.78. The minimum atomic E-state index is -0.534. The molecule has 8 heteroatoms. The number of fused-ring (bicyclic) bond motifs is 1. The van der Waals surface area contributed by atoms with Crippen LogP contribution < -0.4 is 16.0 Å². The molecular formula is C16H19ClFN3O2S. The van der Waals surface area contributed by atoms with Gasteiger partial charge in [0.1, 0.15) is 5.82 Å². The van der Waals surface area contributed by atoms with Crippen molar-refractivity contribution in [2.45, 2.75) is 43.0 Å². The van der Waals surface area contributed by atoms with E-state index in [1.807, 2.05) is 11.8 Å². The maximum absolute atomic E-state index is 13.6. The Kier molecular flexibility index (Phi) is 5.50. The van der Waals surface area contributed by atoms with Crippen molar-refractivity contribution in [1.29, 1.82) is 0 Å². The molecule has 2 saturated heterocycles. The van der Waals surface area contributed by atoms with E-state index in [2.05, 4.69) is 16.0 Å². The monoisotopic (exact) mass is 371 g/mol. The largest absolute Gasteiger partial charge is 0.332 e. The van der Waals surface area contributed by atoms with E-state index in [-0.39, 0.29) is 29.7 Å². The van der Waals surface area contributed by atoms with Gasteiger partial charge in [0.25, 0.3) is 0 Å². The molecule has 2 fully saturated rings. The Hall–Kier alpha value is -1.47. The molecule has 130 valence electrons. The summed E-state index contributed by atoms with van der Waals surface area (Å²) in [5, 5.41) is 9.12. The predicted molar refractivity (Wildman–Crippen MR) is 94.0 cm³/mol. The maximum atomic E-state index is 13.6. The van der Waals surface area contributed by atoms with Crippen molar-refractivity contribution in [3.63, 3.8) is 0 Å². The first-order valence-electron chi connectivity index (χ1n) is 7.96. The maximum Gasteiger partial charge on any atom is 0.315 e. The Morgan fingerprint density at radius 2 is 2.21 bits per heavy atom. The lowest BCUT2D eigenvalue weighted by Crippen LogP contribution is -2.36. The van der Waals surface area contributed by atoms with Crippen molar-refractivity contribution in [2.24, 2.45) is 0 Å². The van der Waals surface area contributed by atoms with Crippen molar-refractivity contribution < 1.29 is 14.0 Å². The van der Waals surface area contributed by atoms with Gasteiger partial charge in [-0.15, -0.1) is 0 Å². The second-order valence-corrected chi connectivity index (χ2v) is 7.75. The summed E-state index contributed by atoms with van der Waals surface area (Å²) in [6.07, 6.45) is 2.93. The number of anilines is 1. The summed E-state index contributed by atoms with van der Waals surface area (Å²) in [5.74, 6) is 0.197. The summed E-state index contributed by atoms with van der Waals surface area (Å²) in [6, 6.07) is 4.51. The molecule has 3 rings (SSSR count). The lowest BCUT2D eigenvalue weighted by Gasteiger charge is -2.16. The lowest BCUT2D eigenvalue weighted by molar-refractivity contribution is -0.116. The van der Waals surface area contributed by atoms with Gasteiger partial charge in [-0.05, 0) is 31.0 Å². The average Bonchev–Trinajstić information content (AvgIpc) is 3.06. The van der Waals surface area contributed by atoms with Gasteiger partial charge in [-0.25, -0.2) is 9.18 Å². The molecule has 3 amide bonds. The fraction of sp³-hybridized carbons (Fsp3) is 0.500. The molecule has 1 aromatic carbocycles. The molecule has 0 saturated carbocycles. The Balaban J connectivity index is 1.37. The third-order valence-corrected chi connectivity index (χ3v) is 6.03. The van der Waals surface area contributed by atoms with Crippen LogP contribution >= 0.6 is 23.4 Å². The van der Waals surface area contributed by atoms with Crippen LogP contribution in [0, 0.1) is 5.82 Å². The van der Waals surface area contributed by atoms with Crippen LogP contribution in [0.25, 0.3) is 0 Å². The molecule has 0 radical (unpaired) electrons. The van der Waals surface area contributed by atoms with Gasteiger partial charge in [0.15, 0.2) is 0 Å². The Bertz CT molecular complexity index is 646. The Morgan fingerprint density at radius 3 is 3.00 bits per heavy atom. The quantitative estimate of drug-likeness (QED) is 0.531. The minimum absolute atomic E-state index is 0.0836. The third kappa shape index (κ3) is 4.13. The zero-order valence-electron chi connectivity index (χ0n) is 13.0. The summed E-state index contributed by atoms with van der Waals surface area (Å²) in [5.41, 5.74) is 0.151. The van der Waals surface area contributed by atoms with Crippen LogP contribution in [0.4, 0.5) is 14.9 Å². The second-order valence-electron chi connectivity index (χ2n) is 6.04. The number of unbranched alkanes of at least 4 members (excludes halogenated alkanes) is 1. The second kappa shape index (κ2) is 7.61. The molecule has 2 aliphatic heterocycles. The van der Waals surface area contributed by atoms with Gasteiger partial charge in [0, 0.05) is 22.4 Å². The molecule has 0 unspecified atom stereocenters. The number of halogens is 2. The first-order valence-corrected chi connectivity index (χ1v) is 9.39. The molecule has 2 aliphatic rings. The number of amides is 3. The number of thioether (sulfide) groups is 1. The number of urea groups is 1. The third-order valence-electron chi connectivity index (χ3n) is 4.29. The van der Waals surface area contributed by atoms with Gasteiger partial charge < -0.3 is 16.0 Å². The van der Waals surface area contributed by atoms with E-state index < -0.39 is 5.82 Å². The minimum Gasteiger partial charge on any atom is -0.332 e. The molecule has 5 nitrogen and oxygen atoms in total. The highest BCUT2D eigenvalue weighted by Gasteiger charge is 2.42. The zero-order valence-corrected chi connectivity index (χ0v) is 14.6. The number of benzene rings is 1. The molecule has 3 atom stereocenters. The van der Waals surface area contributed by atoms with E-state index in [1.165, 1.54) is 18.2 Å². The topological polar surface area (TPSA) is 70.2 Å². The number of hydrogen-bond donors (Lipinski definition) is 3. The van der Waals surface area contributed by atoms with Crippen molar-refractivity contribution in [1.82, 2.24) is 10.6 Å². The number of carbonyl (C=O) groups excluding carboxylic acids is 2. The lowest BCUT2D eigenvalue weighted by atomic mass is 10.0. The summed E-state index contributed by atoms with van der Waals surface area (Å²) in [4.78, 5) is 23.2. The van der Waals surface area contributed by atoms with E-state index in [1.54, 1.807) is 0 Å². The van der Waals surface area contributed by atoms with Crippen LogP contribution in [-0.4, -0.2) is 35.0 Å². The standard InChI is InChI=1S/C16H19ClFN3O2S/c17-9-5-6-11(10(18)7-9)19-14(22)4-2-1-3-13-15-12(8-24-13)20-16(23)21-15/h5-7,12-13,15H,1-4,8H2,(H,19,22)(H2,20,21,23)/t12-,13+,15+/m1/s1. The summed E-state index contributed by atoms with van der Waals surface area (Å²) < 4.78 is 13.6. The normalized spacial score (nSPS) is 25.1. The van der Waals surface area contributed by atoms with Crippen LogP contribution in [0.5, 0.6) is 0 Å². The van der Waals surface area contributed by atoms with Crippen LogP contribution in [-0.2, 0) is 4.79 Å². The van der Waals surface area contributed by atoms with Crippen molar-refractivity contribution in [3.8, 4) is 0 Å². The van der Waals surface area contributed by atoms with Gasteiger partial charge >= 0.3 is 6.03 Å². The van der Waals surface area contributed by atoms with Crippen LogP contribution in [0.1, 0.15) is 25.7 Å².